The molecule has 1 heterocycles. The average Bonchev–Trinajstić information content (AvgIpc) is 2.44. The zero-order chi connectivity index (χ0) is 15.5. The predicted molar refractivity (Wildman–Crippen MR) is 77.9 cm³/mol. The van der Waals surface area contributed by atoms with E-state index in [-0.39, 0.29) is 18.5 Å². The highest BCUT2D eigenvalue weighted by Crippen LogP contribution is 2.19. The fourth-order valence-corrected chi connectivity index (χ4v) is 3.01. The Morgan fingerprint density at radius 2 is 2.19 bits per heavy atom. The number of hydrogen-bond acceptors (Lipinski definition) is 3. The molecule has 1 aromatic rings. The molecule has 2 rings (SSSR count). The minimum Gasteiger partial charge on any atom is -0.334 e. The molecule has 1 unspecified atom stereocenters. The second-order valence-corrected chi connectivity index (χ2v) is 7.11. The topological polar surface area (TPSA) is 66.5 Å². The molecule has 7 heteroatoms. The van der Waals surface area contributed by atoms with E-state index in [4.69, 9.17) is 0 Å². The van der Waals surface area contributed by atoms with Gasteiger partial charge in [0.15, 0.2) is 0 Å². The first-order valence-corrected chi connectivity index (χ1v) is 8.77. The maximum Gasteiger partial charge on any atom is 0.254 e. The molecule has 1 aliphatic rings. The van der Waals surface area contributed by atoms with Gasteiger partial charge in [-0.2, -0.15) is 0 Å². The van der Waals surface area contributed by atoms with Gasteiger partial charge in [-0.15, -0.1) is 0 Å². The largest absolute Gasteiger partial charge is 0.334 e. The van der Waals surface area contributed by atoms with Crippen molar-refractivity contribution in [2.45, 2.75) is 25.3 Å². The Bertz CT molecular complexity index is 618. The fraction of sp³-hybridized carbons (Fsp3) is 0.500. The second-order valence-electron chi connectivity index (χ2n) is 5.28. The lowest BCUT2D eigenvalue weighted by Crippen LogP contribution is -2.49. The Kier molecular flexibility index (Phi) is 4.95. The van der Waals surface area contributed by atoms with Gasteiger partial charge >= 0.3 is 0 Å². The summed E-state index contributed by atoms with van der Waals surface area (Å²) in [5, 5.41) is 0. The minimum absolute atomic E-state index is 0.191. The number of likely N-dealkylation sites (tertiary alicyclic amines) is 1. The number of rotatable bonds is 4. The fourth-order valence-electron chi connectivity index (χ4n) is 2.52. The van der Waals surface area contributed by atoms with Gasteiger partial charge in [0.2, 0.25) is 10.0 Å². The highest BCUT2D eigenvalue weighted by molar-refractivity contribution is 7.88. The minimum atomic E-state index is -3.29. The summed E-state index contributed by atoms with van der Waals surface area (Å²) >= 11 is 0. The quantitative estimate of drug-likeness (QED) is 0.913. The number of carbonyl (C=O) groups is 1. The molecule has 116 valence electrons. The highest BCUT2D eigenvalue weighted by Gasteiger charge is 2.28. The van der Waals surface area contributed by atoms with Crippen LogP contribution in [0.5, 0.6) is 0 Å². The zero-order valence-electron chi connectivity index (χ0n) is 11.9. The van der Waals surface area contributed by atoms with E-state index in [1.165, 1.54) is 18.2 Å². The van der Waals surface area contributed by atoms with E-state index in [0.29, 0.717) is 12.1 Å². The molecule has 1 N–H and O–H groups in total. The van der Waals surface area contributed by atoms with Crippen molar-refractivity contribution in [2.24, 2.45) is 0 Å². The van der Waals surface area contributed by atoms with Crippen LogP contribution in [0.15, 0.2) is 24.3 Å². The Labute approximate surface area is 124 Å². The van der Waals surface area contributed by atoms with Crippen LogP contribution in [0, 0.1) is 5.82 Å². The van der Waals surface area contributed by atoms with E-state index in [0.717, 1.165) is 25.5 Å². The third-order valence-corrected chi connectivity index (χ3v) is 4.23. The molecular weight excluding hydrogens is 295 g/mol. The Hall–Kier alpha value is -1.47. The zero-order valence-corrected chi connectivity index (χ0v) is 12.7. The number of carbonyl (C=O) groups excluding carboxylic acids is 1. The van der Waals surface area contributed by atoms with Gasteiger partial charge in [0.05, 0.1) is 6.26 Å². The summed E-state index contributed by atoms with van der Waals surface area (Å²) in [6.07, 6.45) is 3.65. The van der Waals surface area contributed by atoms with Crippen molar-refractivity contribution in [2.75, 3.05) is 19.3 Å². The monoisotopic (exact) mass is 314 g/mol. The third kappa shape index (κ3) is 4.50. The normalized spacial score (nSPS) is 19.5. The molecule has 1 fully saturated rings. The number of benzene rings is 1. The van der Waals surface area contributed by atoms with Gasteiger partial charge in [-0.05, 0) is 37.5 Å². The molecule has 1 amide bonds. The summed E-state index contributed by atoms with van der Waals surface area (Å²) in [7, 11) is -3.29. The number of amides is 1. The second kappa shape index (κ2) is 6.53. The maximum atomic E-state index is 13.2. The van der Waals surface area contributed by atoms with Crippen LogP contribution < -0.4 is 4.72 Å². The summed E-state index contributed by atoms with van der Waals surface area (Å²) in [5.41, 5.74) is 0.293. The van der Waals surface area contributed by atoms with Crippen molar-refractivity contribution in [3.63, 3.8) is 0 Å². The van der Waals surface area contributed by atoms with Crippen LogP contribution in [0.3, 0.4) is 0 Å². The molecule has 0 saturated carbocycles. The number of sulfonamides is 1. The van der Waals surface area contributed by atoms with E-state index in [1.807, 2.05) is 0 Å². The average molecular weight is 314 g/mol. The molecule has 5 nitrogen and oxygen atoms in total. The van der Waals surface area contributed by atoms with E-state index in [9.17, 15) is 17.6 Å². The summed E-state index contributed by atoms with van der Waals surface area (Å²) < 4.78 is 38.1. The van der Waals surface area contributed by atoms with Crippen LogP contribution in [0.2, 0.25) is 0 Å². The van der Waals surface area contributed by atoms with E-state index in [1.54, 1.807) is 11.0 Å². The molecule has 21 heavy (non-hydrogen) atoms. The molecule has 0 spiro atoms. The Morgan fingerprint density at radius 1 is 1.43 bits per heavy atom. The SMILES string of the molecule is CS(=O)(=O)NCC1CCCCN1C(=O)c1cccc(F)c1. The molecule has 1 atom stereocenters. The number of piperidine rings is 1. The maximum absolute atomic E-state index is 13.2. The third-order valence-electron chi connectivity index (χ3n) is 3.54. The molecule has 0 aliphatic carbocycles. The molecule has 1 saturated heterocycles. The van der Waals surface area contributed by atoms with Gasteiger partial charge in [0.25, 0.3) is 5.91 Å². The first kappa shape index (κ1) is 15.9. The van der Waals surface area contributed by atoms with E-state index < -0.39 is 15.8 Å². The number of halogens is 1. The summed E-state index contributed by atoms with van der Waals surface area (Å²) in [5.74, 6) is -0.710. The Morgan fingerprint density at radius 3 is 2.86 bits per heavy atom. The van der Waals surface area contributed by atoms with Crippen molar-refractivity contribution in [1.29, 1.82) is 0 Å². The smallest absolute Gasteiger partial charge is 0.254 e. The van der Waals surface area contributed by atoms with Gasteiger partial charge in [-0.1, -0.05) is 6.07 Å². The summed E-state index contributed by atoms with van der Waals surface area (Å²) in [6, 6.07) is 5.37. The van der Waals surface area contributed by atoms with Gasteiger partial charge in [0.1, 0.15) is 5.82 Å². The van der Waals surface area contributed by atoms with E-state index >= 15 is 0 Å². The van der Waals surface area contributed by atoms with Gasteiger partial charge < -0.3 is 4.90 Å². The molecule has 1 aromatic carbocycles. The van der Waals surface area contributed by atoms with Crippen LogP contribution in [0.4, 0.5) is 4.39 Å². The number of nitrogens with one attached hydrogen (secondary N) is 1. The van der Waals surface area contributed by atoms with Crippen molar-refractivity contribution in [3.05, 3.63) is 35.6 Å². The Balaban J connectivity index is 2.12. The summed E-state index contributed by atoms with van der Waals surface area (Å²) in [4.78, 5) is 14.1. The molecule has 0 radical (unpaired) electrons. The lowest BCUT2D eigenvalue weighted by Gasteiger charge is -2.35. The lowest BCUT2D eigenvalue weighted by atomic mass is 10.0. The predicted octanol–water partition coefficient (Wildman–Crippen LogP) is 1.37. The van der Waals surface area contributed by atoms with Crippen LogP contribution in [-0.2, 0) is 10.0 Å². The lowest BCUT2D eigenvalue weighted by molar-refractivity contribution is 0.0618. The molecule has 0 bridgehead atoms. The van der Waals surface area contributed by atoms with Crippen molar-refractivity contribution >= 4 is 15.9 Å². The highest BCUT2D eigenvalue weighted by atomic mass is 32.2. The molecular formula is C14H19FN2O3S. The van der Waals surface area contributed by atoms with Gasteiger partial charge in [-0.3, -0.25) is 4.79 Å². The number of hydrogen-bond donors (Lipinski definition) is 1. The van der Waals surface area contributed by atoms with Crippen LogP contribution in [-0.4, -0.2) is 44.6 Å². The number of nitrogens with zero attached hydrogens (tertiary/aromatic N) is 1. The molecule has 1 aliphatic heterocycles. The molecule has 0 aromatic heterocycles. The summed E-state index contributed by atoms with van der Waals surface area (Å²) in [6.45, 7) is 0.755. The van der Waals surface area contributed by atoms with Crippen molar-refractivity contribution in [1.82, 2.24) is 9.62 Å². The first-order valence-electron chi connectivity index (χ1n) is 6.88. The van der Waals surface area contributed by atoms with Crippen LogP contribution in [0.1, 0.15) is 29.6 Å². The first-order chi connectivity index (χ1) is 9.87. The van der Waals surface area contributed by atoms with Crippen molar-refractivity contribution < 1.29 is 17.6 Å². The van der Waals surface area contributed by atoms with Crippen molar-refractivity contribution in [3.8, 4) is 0 Å². The van der Waals surface area contributed by atoms with Crippen LogP contribution in [0.25, 0.3) is 0 Å². The van der Waals surface area contributed by atoms with Gasteiger partial charge in [0, 0.05) is 24.7 Å². The van der Waals surface area contributed by atoms with Gasteiger partial charge in [-0.25, -0.2) is 17.5 Å². The standard InChI is InChI=1S/C14H19FN2O3S/c1-21(19,20)16-10-13-7-2-3-8-17(13)14(18)11-5-4-6-12(15)9-11/h4-6,9,13,16H,2-3,7-8,10H2,1H3. The van der Waals surface area contributed by atoms with Crippen LogP contribution >= 0.6 is 0 Å². The van der Waals surface area contributed by atoms with E-state index in [2.05, 4.69) is 4.72 Å².